The van der Waals surface area contributed by atoms with E-state index in [9.17, 15) is 5.11 Å². The van der Waals surface area contributed by atoms with Crippen molar-refractivity contribution in [2.24, 2.45) is 0 Å². The van der Waals surface area contributed by atoms with Crippen molar-refractivity contribution in [2.75, 3.05) is 11.4 Å². The average Bonchev–Trinajstić information content (AvgIpc) is 2.52. The van der Waals surface area contributed by atoms with Crippen LogP contribution in [-0.4, -0.2) is 11.7 Å². The molecule has 1 N–H and O–H groups in total. The molecule has 3 heteroatoms. The minimum absolute atomic E-state index is 0.321. The van der Waals surface area contributed by atoms with Crippen LogP contribution in [0.25, 0.3) is 0 Å². The number of rotatable bonds is 3. The van der Waals surface area contributed by atoms with Crippen LogP contribution in [0, 0.1) is 6.92 Å². The number of anilines is 1. The molecule has 0 aromatic heterocycles. The Hall–Kier alpha value is -1.67. The van der Waals surface area contributed by atoms with E-state index in [1.165, 1.54) is 11.3 Å². The molecule has 0 aliphatic heterocycles. The summed E-state index contributed by atoms with van der Waals surface area (Å²) in [5, 5.41) is 11.0. The van der Waals surface area contributed by atoms with E-state index in [0.717, 1.165) is 42.0 Å². The molecule has 22 heavy (non-hydrogen) atoms. The molecule has 0 fully saturated rings. The Morgan fingerprint density at radius 2 is 2.09 bits per heavy atom. The second-order valence-corrected chi connectivity index (χ2v) is 6.38. The maximum absolute atomic E-state index is 10.1. The number of phenolic OH excluding ortho intramolecular Hbond substituents is 1. The molecule has 1 aliphatic rings. The maximum Gasteiger partial charge on any atom is 0.119 e. The van der Waals surface area contributed by atoms with Crippen LogP contribution >= 0.6 is 11.6 Å². The fourth-order valence-corrected chi connectivity index (χ4v) is 3.64. The Bertz CT molecular complexity index is 683. The van der Waals surface area contributed by atoms with Crippen molar-refractivity contribution in [1.82, 2.24) is 0 Å². The SMILES string of the molecule is CCN(c1ccc(Cl)c(C)c1)C1CCCc2c(O)cccc21. The summed E-state index contributed by atoms with van der Waals surface area (Å²) >= 11 is 6.16. The maximum atomic E-state index is 10.1. The van der Waals surface area contributed by atoms with Crippen LogP contribution < -0.4 is 4.90 Å². The number of aryl methyl sites for hydroxylation is 1. The largest absolute Gasteiger partial charge is 0.508 e. The molecule has 0 radical (unpaired) electrons. The summed E-state index contributed by atoms with van der Waals surface area (Å²) in [6, 6.07) is 12.4. The van der Waals surface area contributed by atoms with Gasteiger partial charge in [-0.2, -0.15) is 0 Å². The molecule has 2 aromatic carbocycles. The minimum Gasteiger partial charge on any atom is -0.508 e. The first kappa shape index (κ1) is 15.2. The fraction of sp³-hybridized carbons (Fsp3) is 0.368. The van der Waals surface area contributed by atoms with Crippen LogP contribution in [0.1, 0.15) is 42.5 Å². The van der Waals surface area contributed by atoms with Crippen molar-refractivity contribution in [2.45, 2.75) is 39.2 Å². The van der Waals surface area contributed by atoms with Gasteiger partial charge in [0.05, 0.1) is 6.04 Å². The number of nitrogens with zero attached hydrogens (tertiary/aromatic N) is 1. The van der Waals surface area contributed by atoms with Gasteiger partial charge in [0.1, 0.15) is 5.75 Å². The van der Waals surface area contributed by atoms with Gasteiger partial charge in [0, 0.05) is 17.3 Å². The Morgan fingerprint density at radius 1 is 1.27 bits per heavy atom. The van der Waals surface area contributed by atoms with Gasteiger partial charge in [0.2, 0.25) is 0 Å². The number of hydrogen-bond donors (Lipinski definition) is 1. The van der Waals surface area contributed by atoms with Gasteiger partial charge in [-0.1, -0.05) is 23.7 Å². The van der Waals surface area contributed by atoms with Crippen molar-refractivity contribution in [3.63, 3.8) is 0 Å². The van der Waals surface area contributed by atoms with Crippen LogP contribution in [0.15, 0.2) is 36.4 Å². The zero-order chi connectivity index (χ0) is 15.7. The van der Waals surface area contributed by atoms with Gasteiger partial charge >= 0.3 is 0 Å². The van der Waals surface area contributed by atoms with Gasteiger partial charge in [0.25, 0.3) is 0 Å². The van der Waals surface area contributed by atoms with E-state index < -0.39 is 0 Å². The van der Waals surface area contributed by atoms with Crippen molar-refractivity contribution in [1.29, 1.82) is 0 Å². The van der Waals surface area contributed by atoms with Crippen LogP contribution in [0.3, 0.4) is 0 Å². The third-order valence-corrected chi connectivity index (χ3v) is 5.07. The molecule has 2 nitrogen and oxygen atoms in total. The third-order valence-electron chi connectivity index (χ3n) is 4.64. The third kappa shape index (κ3) is 2.68. The molecule has 116 valence electrons. The number of phenols is 1. The van der Waals surface area contributed by atoms with E-state index in [-0.39, 0.29) is 0 Å². The smallest absolute Gasteiger partial charge is 0.119 e. The van der Waals surface area contributed by atoms with E-state index in [2.05, 4.69) is 30.0 Å². The summed E-state index contributed by atoms with van der Waals surface area (Å²) in [5.74, 6) is 0.436. The molecular weight excluding hydrogens is 294 g/mol. The number of halogens is 1. The van der Waals surface area contributed by atoms with E-state index in [0.29, 0.717) is 11.8 Å². The minimum atomic E-state index is 0.321. The number of hydrogen-bond acceptors (Lipinski definition) is 2. The van der Waals surface area contributed by atoms with Gasteiger partial charge in [-0.05, 0) is 74.1 Å². The lowest BCUT2D eigenvalue weighted by Gasteiger charge is -2.37. The molecule has 0 amide bonds. The Balaban J connectivity index is 2.02. The van der Waals surface area contributed by atoms with Gasteiger partial charge in [0.15, 0.2) is 0 Å². The van der Waals surface area contributed by atoms with Crippen molar-refractivity contribution >= 4 is 17.3 Å². The Kier molecular flexibility index (Phi) is 4.30. The molecule has 0 saturated heterocycles. The predicted molar refractivity (Wildman–Crippen MR) is 93.0 cm³/mol. The van der Waals surface area contributed by atoms with E-state index in [4.69, 9.17) is 11.6 Å². The summed E-state index contributed by atoms with van der Waals surface area (Å²) in [6.07, 6.45) is 3.19. The standard InChI is InChI=1S/C19H22ClNO/c1-3-21(14-10-11-17(20)13(2)12-14)18-8-4-7-16-15(18)6-5-9-19(16)22/h5-6,9-12,18,22H,3-4,7-8H2,1-2H3. The van der Waals surface area contributed by atoms with E-state index in [1.54, 1.807) is 6.07 Å². The molecule has 0 bridgehead atoms. The van der Waals surface area contributed by atoms with Crippen LogP contribution in [0.5, 0.6) is 5.75 Å². The predicted octanol–water partition coefficient (Wildman–Crippen LogP) is 5.26. The Morgan fingerprint density at radius 3 is 2.82 bits per heavy atom. The molecule has 2 aromatic rings. The molecular formula is C19H22ClNO. The molecule has 1 aliphatic carbocycles. The summed E-state index contributed by atoms with van der Waals surface area (Å²) in [4.78, 5) is 2.42. The summed E-state index contributed by atoms with van der Waals surface area (Å²) in [6.45, 7) is 5.15. The highest BCUT2D eigenvalue weighted by Crippen LogP contribution is 2.40. The summed E-state index contributed by atoms with van der Waals surface area (Å²) < 4.78 is 0. The van der Waals surface area contributed by atoms with Gasteiger partial charge in [-0.15, -0.1) is 0 Å². The van der Waals surface area contributed by atoms with Crippen molar-refractivity contribution < 1.29 is 5.11 Å². The van der Waals surface area contributed by atoms with Crippen LogP contribution in [0.4, 0.5) is 5.69 Å². The summed E-state index contributed by atoms with van der Waals surface area (Å²) in [7, 11) is 0. The number of aromatic hydroxyl groups is 1. The van der Waals surface area contributed by atoms with Gasteiger partial charge in [-0.25, -0.2) is 0 Å². The van der Waals surface area contributed by atoms with Gasteiger partial charge < -0.3 is 10.0 Å². The lowest BCUT2D eigenvalue weighted by atomic mass is 9.86. The molecule has 1 unspecified atom stereocenters. The van der Waals surface area contributed by atoms with E-state index in [1.807, 2.05) is 19.1 Å². The van der Waals surface area contributed by atoms with Crippen molar-refractivity contribution in [3.8, 4) is 5.75 Å². The second kappa shape index (κ2) is 6.21. The monoisotopic (exact) mass is 315 g/mol. The van der Waals surface area contributed by atoms with Crippen LogP contribution in [-0.2, 0) is 6.42 Å². The molecule has 0 heterocycles. The fourth-order valence-electron chi connectivity index (χ4n) is 3.52. The first-order valence-electron chi connectivity index (χ1n) is 7.95. The highest BCUT2D eigenvalue weighted by atomic mass is 35.5. The lowest BCUT2D eigenvalue weighted by molar-refractivity contribution is 0.450. The van der Waals surface area contributed by atoms with Crippen molar-refractivity contribution in [3.05, 3.63) is 58.1 Å². The highest BCUT2D eigenvalue weighted by Gasteiger charge is 2.27. The number of benzene rings is 2. The molecule has 0 spiro atoms. The first-order chi connectivity index (χ1) is 10.6. The molecule has 0 saturated carbocycles. The molecule has 1 atom stereocenters. The van der Waals surface area contributed by atoms with E-state index >= 15 is 0 Å². The second-order valence-electron chi connectivity index (χ2n) is 5.97. The average molecular weight is 316 g/mol. The zero-order valence-electron chi connectivity index (χ0n) is 13.1. The quantitative estimate of drug-likeness (QED) is 0.835. The number of fused-ring (bicyclic) bond motifs is 1. The first-order valence-corrected chi connectivity index (χ1v) is 8.33. The lowest BCUT2D eigenvalue weighted by Crippen LogP contribution is -2.31. The topological polar surface area (TPSA) is 23.5 Å². The van der Waals surface area contributed by atoms with Gasteiger partial charge in [-0.3, -0.25) is 0 Å². The summed E-state index contributed by atoms with van der Waals surface area (Å²) in [5.41, 5.74) is 4.68. The highest BCUT2D eigenvalue weighted by molar-refractivity contribution is 6.31. The zero-order valence-corrected chi connectivity index (χ0v) is 13.9. The van der Waals surface area contributed by atoms with Crippen LogP contribution in [0.2, 0.25) is 5.02 Å². The normalized spacial score (nSPS) is 17.1. The molecule has 3 rings (SSSR count). The Labute approximate surface area is 137 Å².